The van der Waals surface area contributed by atoms with Gasteiger partial charge in [-0.25, -0.2) is 0 Å². The van der Waals surface area contributed by atoms with Crippen molar-refractivity contribution in [3.05, 3.63) is 27.1 Å². The number of hydrazone groups is 1. The summed E-state index contributed by atoms with van der Waals surface area (Å²) < 4.78 is 2.07. The number of benzene rings is 1. The van der Waals surface area contributed by atoms with Gasteiger partial charge in [0.1, 0.15) is 5.84 Å². The molecule has 0 fully saturated rings. The lowest BCUT2D eigenvalue weighted by Gasteiger charge is -2.15. The minimum atomic E-state index is 0.692. The molecule has 14 heavy (non-hydrogen) atoms. The molecule has 0 aliphatic carbocycles. The van der Waals surface area contributed by atoms with Gasteiger partial charge in [0.05, 0.1) is 5.69 Å². The number of anilines is 1. The second-order valence-corrected chi connectivity index (χ2v) is 4.83. The largest absolute Gasteiger partial charge is 0.386 e. The lowest BCUT2D eigenvalue weighted by Crippen LogP contribution is -2.12. The maximum Gasteiger partial charge on any atom is 0.122 e. The van der Waals surface area contributed by atoms with Gasteiger partial charge in [0.15, 0.2) is 0 Å². The summed E-state index contributed by atoms with van der Waals surface area (Å²) in [7, 11) is 0. The summed E-state index contributed by atoms with van der Waals surface area (Å²) in [6.45, 7) is 0.848. The third kappa shape index (κ3) is 1.93. The predicted molar refractivity (Wildman–Crippen MR) is 65.4 cm³/mol. The highest BCUT2D eigenvalue weighted by Gasteiger charge is 2.15. The molecule has 2 rings (SSSR count). The minimum Gasteiger partial charge on any atom is -0.386 e. The van der Waals surface area contributed by atoms with E-state index in [2.05, 4.69) is 37.0 Å². The Kier molecular flexibility index (Phi) is 2.78. The van der Waals surface area contributed by atoms with E-state index in [-0.39, 0.29) is 0 Å². The van der Waals surface area contributed by atoms with E-state index < -0.39 is 0 Å². The summed E-state index contributed by atoms with van der Waals surface area (Å²) >= 11 is 6.92. The number of amidine groups is 1. The van der Waals surface area contributed by atoms with Crippen molar-refractivity contribution in [1.29, 1.82) is 0 Å². The van der Waals surface area contributed by atoms with Crippen LogP contribution in [0.3, 0.4) is 0 Å². The standard InChI is InChI=1S/C9H9Br2N3/c10-6-1-2-7(11)8(5-6)14-4-3-9(12)13-14/h1-2,5H,3-4H2,(H2,12,13). The normalized spacial score (nSPS) is 15.9. The molecule has 1 aromatic rings. The average Bonchev–Trinajstić information content (AvgIpc) is 2.56. The molecule has 0 bridgehead atoms. The lowest BCUT2D eigenvalue weighted by atomic mass is 10.3. The van der Waals surface area contributed by atoms with Crippen LogP contribution in [0, 0.1) is 0 Å². The summed E-state index contributed by atoms with van der Waals surface area (Å²) in [5.74, 6) is 0.692. The Balaban J connectivity index is 2.36. The van der Waals surface area contributed by atoms with Crippen molar-refractivity contribution in [2.45, 2.75) is 6.42 Å². The van der Waals surface area contributed by atoms with Gasteiger partial charge >= 0.3 is 0 Å². The van der Waals surface area contributed by atoms with Crippen molar-refractivity contribution >= 4 is 43.4 Å². The Hall–Kier alpha value is -0.550. The van der Waals surface area contributed by atoms with Crippen LogP contribution in [0.4, 0.5) is 5.69 Å². The smallest absolute Gasteiger partial charge is 0.122 e. The maximum atomic E-state index is 5.63. The summed E-state index contributed by atoms with van der Waals surface area (Å²) in [5, 5.41) is 6.14. The number of hydrogen-bond acceptors (Lipinski definition) is 3. The predicted octanol–water partition coefficient (Wildman–Crippen LogP) is 2.69. The molecule has 74 valence electrons. The Morgan fingerprint density at radius 2 is 2.14 bits per heavy atom. The fourth-order valence-corrected chi connectivity index (χ4v) is 2.13. The summed E-state index contributed by atoms with van der Waals surface area (Å²) in [6.07, 6.45) is 0.832. The molecule has 0 unspecified atom stereocenters. The first-order valence-corrected chi connectivity index (χ1v) is 5.81. The van der Waals surface area contributed by atoms with Crippen LogP contribution in [0.15, 0.2) is 32.2 Å². The molecular formula is C9H9Br2N3. The third-order valence-electron chi connectivity index (χ3n) is 2.02. The Morgan fingerprint density at radius 1 is 1.36 bits per heavy atom. The first-order valence-electron chi connectivity index (χ1n) is 4.22. The van der Waals surface area contributed by atoms with Gasteiger partial charge in [0.2, 0.25) is 0 Å². The molecule has 0 amide bonds. The van der Waals surface area contributed by atoms with E-state index in [4.69, 9.17) is 5.73 Å². The second kappa shape index (κ2) is 3.90. The van der Waals surface area contributed by atoms with Gasteiger partial charge in [-0.2, -0.15) is 5.10 Å². The lowest BCUT2D eigenvalue weighted by molar-refractivity contribution is 0.918. The van der Waals surface area contributed by atoms with Crippen molar-refractivity contribution < 1.29 is 0 Å². The zero-order valence-corrected chi connectivity index (χ0v) is 10.5. The summed E-state index contributed by atoms with van der Waals surface area (Å²) in [5.41, 5.74) is 6.67. The van der Waals surface area contributed by atoms with Crippen LogP contribution in [0.1, 0.15) is 6.42 Å². The SMILES string of the molecule is NC1=NN(c2cc(Br)ccc2Br)CC1. The quantitative estimate of drug-likeness (QED) is 0.865. The van der Waals surface area contributed by atoms with Crippen LogP contribution >= 0.6 is 31.9 Å². The Bertz CT molecular complexity index is 390. The molecule has 0 radical (unpaired) electrons. The molecule has 1 aromatic carbocycles. The highest BCUT2D eigenvalue weighted by molar-refractivity contribution is 9.11. The Morgan fingerprint density at radius 3 is 2.79 bits per heavy atom. The van der Waals surface area contributed by atoms with Gasteiger partial charge in [-0.3, -0.25) is 5.01 Å². The van der Waals surface area contributed by atoms with E-state index in [1.165, 1.54) is 0 Å². The van der Waals surface area contributed by atoms with E-state index in [9.17, 15) is 0 Å². The van der Waals surface area contributed by atoms with Crippen LogP contribution in [-0.2, 0) is 0 Å². The first kappa shape index (κ1) is 9.98. The van der Waals surface area contributed by atoms with Gasteiger partial charge in [0.25, 0.3) is 0 Å². The molecule has 0 aromatic heterocycles. The van der Waals surface area contributed by atoms with E-state index >= 15 is 0 Å². The number of hydrogen-bond donors (Lipinski definition) is 1. The second-order valence-electron chi connectivity index (χ2n) is 3.06. The molecule has 1 aliphatic heterocycles. The monoisotopic (exact) mass is 317 g/mol. The Labute approximate surface area is 99.2 Å². The van der Waals surface area contributed by atoms with Gasteiger partial charge in [-0.05, 0) is 34.1 Å². The van der Waals surface area contributed by atoms with Crippen molar-refractivity contribution in [3.63, 3.8) is 0 Å². The highest BCUT2D eigenvalue weighted by Crippen LogP contribution is 2.31. The molecule has 5 heteroatoms. The highest BCUT2D eigenvalue weighted by atomic mass is 79.9. The van der Waals surface area contributed by atoms with Crippen molar-refractivity contribution in [1.82, 2.24) is 0 Å². The van der Waals surface area contributed by atoms with Crippen LogP contribution in [0.2, 0.25) is 0 Å². The molecule has 0 saturated heterocycles. The zero-order valence-electron chi connectivity index (χ0n) is 7.37. The van der Waals surface area contributed by atoms with Gasteiger partial charge in [0, 0.05) is 21.9 Å². The zero-order chi connectivity index (χ0) is 10.1. The molecular weight excluding hydrogens is 310 g/mol. The van der Waals surface area contributed by atoms with Gasteiger partial charge in [-0.15, -0.1) is 0 Å². The van der Waals surface area contributed by atoms with E-state index in [0.29, 0.717) is 5.84 Å². The minimum absolute atomic E-state index is 0.692. The fourth-order valence-electron chi connectivity index (χ4n) is 1.33. The molecule has 3 nitrogen and oxygen atoms in total. The van der Waals surface area contributed by atoms with Crippen LogP contribution in [0.25, 0.3) is 0 Å². The average molecular weight is 319 g/mol. The molecule has 0 saturated carbocycles. The van der Waals surface area contributed by atoms with Crippen molar-refractivity contribution in [3.8, 4) is 0 Å². The van der Waals surface area contributed by atoms with Crippen molar-refractivity contribution in [2.75, 3.05) is 11.6 Å². The molecule has 2 N–H and O–H groups in total. The molecule has 0 spiro atoms. The molecule has 1 aliphatic rings. The summed E-state index contributed by atoms with van der Waals surface area (Å²) in [4.78, 5) is 0. The van der Waals surface area contributed by atoms with Gasteiger partial charge in [-0.1, -0.05) is 15.9 Å². The third-order valence-corrected chi connectivity index (χ3v) is 3.18. The van der Waals surface area contributed by atoms with Crippen LogP contribution in [0.5, 0.6) is 0 Å². The molecule has 1 heterocycles. The topological polar surface area (TPSA) is 41.6 Å². The van der Waals surface area contributed by atoms with Crippen molar-refractivity contribution in [2.24, 2.45) is 10.8 Å². The first-order chi connectivity index (χ1) is 6.66. The van der Waals surface area contributed by atoms with Gasteiger partial charge < -0.3 is 5.73 Å². The van der Waals surface area contributed by atoms with E-state index in [0.717, 1.165) is 27.6 Å². The van der Waals surface area contributed by atoms with E-state index in [1.807, 2.05) is 23.2 Å². The number of nitrogens with zero attached hydrogens (tertiary/aromatic N) is 2. The number of halogens is 2. The fraction of sp³-hybridized carbons (Fsp3) is 0.222. The van der Waals surface area contributed by atoms with E-state index in [1.54, 1.807) is 0 Å². The number of rotatable bonds is 1. The number of nitrogens with two attached hydrogens (primary N) is 1. The van der Waals surface area contributed by atoms with Crippen LogP contribution in [-0.4, -0.2) is 12.4 Å². The maximum absolute atomic E-state index is 5.63. The molecule has 0 atom stereocenters. The summed E-state index contributed by atoms with van der Waals surface area (Å²) in [6, 6.07) is 5.99. The van der Waals surface area contributed by atoms with Crippen LogP contribution < -0.4 is 10.7 Å².